The lowest BCUT2D eigenvalue weighted by Crippen LogP contribution is -2.29. The molecule has 0 unspecified atom stereocenters. The average Bonchev–Trinajstić information content (AvgIpc) is 1.27. The van der Waals surface area contributed by atoms with Crippen molar-refractivity contribution in [2.45, 2.75) is 39.8 Å². The third-order valence-corrected chi connectivity index (χ3v) is 0.667. The van der Waals surface area contributed by atoms with Crippen molar-refractivity contribution >= 4 is 0 Å². The van der Waals surface area contributed by atoms with Crippen molar-refractivity contribution in [3.63, 3.8) is 0 Å². The van der Waals surface area contributed by atoms with Gasteiger partial charge < -0.3 is 5.32 Å². The molecule has 44 valence electrons. The van der Waals surface area contributed by atoms with Crippen LogP contribution in [0.4, 0.5) is 0 Å². The first-order valence-electron chi connectivity index (χ1n) is 2.89. The van der Waals surface area contributed by atoms with Crippen LogP contribution in [-0.2, 0) is 0 Å². The Balaban J connectivity index is 2.95. The fourth-order valence-electron chi connectivity index (χ4n) is 0.667. The fraction of sp³-hybridized carbons (Fsp3) is 1.00. The maximum absolute atomic E-state index is 3.31. The van der Waals surface area contributed by atoms with Gasteiger partial charge in [-0.15, -0.1) is 0 Å². The van der Waals surface area contributed by atoms with Crippen molar-refractivity contribution in [2.24, 2.45) is 0 Å². The molecule has 0 atom stereocenters. The standard InChI is InChI=1S/C6H15N/c1-5(2)7-6(3)4/h5-7H,1-4H3/i7+1. The third-order valence-electron chi connectivity index (χ3n) is 0.667. The quantitative estimate of drug-likeness (QED) is 0.519. The van der Waals surface area contributed by atoms with Crippen molar-refractivity contribution in [3.8, 4) is 0 Å². The molecule has 0 saturated heterocycles. The van der Waals surface area contributed by atoms with Gasteiger partial charge in [-0.3, -0.25) is 0 Å². The van der Waals surface area contributed by atoms with Gasteiger partial charge in [0.25, 0.3) is 0 Å². The molecule has 0 aliphatic carbocycles. The van der Waals surface area contributed by atoms with Gasteiger partial charge >= 0.3 is 0 Å². The normalized spacial score (nSPS) is 11.1. The number of nitrogens with one attached hydrogen (secondary N) is 1. The second-order valence-corrected chi connectivity index (χ2v) is 2.48. The van der Waals surface area contributed by atoms with Crippen molar-refractivity contribution in [1.29, 1.82) is 0 Å². The summed E-state index contributed by atoms with van der Waals surface area (Å²) >= 11 is 0. The van der Waals surface area contributed by atoms with Crippen LogP contribution in [0.5, 0.6) is 0 Å². The first-order valence-corrected chi connectivity index (χ1v) is 2.89. The first kappa shape index (κ1) is 6.96. The molecule has 1 nitrogen and oxygen atoms in total. The highest BCUT2D eigenvalue weighted by molar-refractivity contribution is 4.55. The van der Waals surface area contributed by atoms with Crippen LogP contribution in [0, 0.1) is 0 Å². The molecule has 0 spiro atoms. The maximum Gasteiger partial charge on any atom is 0.00127 e. The van der Waals surface area contributed by atoms with Gasteiger partial charge in [0.15, 0.2) is 0 Å². The van der Waals surface area contributed by atoms with E-state index in [2.05, 4.69) is 33.0 Å². The summed E-state index contributed by atoms with van der Waals surface area (Å²) in [5, 5.41) is 3.31. The van der Waals surface area contributed by atoms with Crippen molar-refractivity contribution in [3.05, 3.63) is 0 Å². The molecule has 0 radical (unpaired) electrons. The molecule has 0 aromatic heterocycles. The SMILES string of the molecule is CC(C)[15NH]C(C)C. The molecule has 0 heterocycles. The summed E-state index contributed by atoms with van der Waals surface area (Å²) in [5.41, 5.74) is 0. The molecular formula is C6H15N. The summed E-state index contributed by atoms with van der Waals surface area (Å²) in [4.78, 5) is 0. The van der Waals surface area contributed by atoms with Gasteiger partial charge in [-0.2, -0.15) is 0 Å². The summed E-state index contributed by atoms with van der Waals surface area (Å²) < 4.78 is 0. The van der Waals surface area contributed by atoms with E-state index in [9.17, 15) is 0 Å². The Kier molecular flexibility index (Phi) is 3.01. The molecule has 0 aliphatic heterocycles. The first-order chi connectivity index (χ1) is 3.13. The van der Waals surface area contributed by atoms with E-state index in [4.69, 9.17) is 0 Å². The van der Waals surface area contributed by atoms with E-state index < -0.39 is 0 Å². The van der Waals surface area contributed by atoms with Crippen LogP contribution in [0.15, 0.2) is 0 Å². The third kappa shape index (κ3) is 5.96. The van der Waals surface area contributed by atoms with Gasteiger partial charge in [0.2, 0.25) is 0 Å². The van der Waals surface area contributed by atoms with Crippen LogP contribution in [-0.4, -0.2) is 12.1 Å². The van der Waals surface area contributed by atoms with E-state index in [0.29, 0.717) is 12.1 Å². The molecule has 7 heavy (non-hydrogen) atoms. The Hall–Kier alpha value is -0.0400. The monoisotopic (exact) mass is 102 g/mol. The van der Waals surface area contributed by atoms with Crippen molar-refractivity contribution < 1.29 is 0 Å². The second-order valence-electron chi connectivity index (χ2n) is 2.48. The zero-order valence-electron chi connectivity index (χ0n) is 5.65. The minimum absolute atomic E-state index is 0.625. The second kappa shape index (κ2) is 3.03. The number of rotatable bonds is 2. The van der Waals surface area contributed by atoms with Gasteiger partial charge in [0, 0.05) is 12.1 Å². The molecule has 0 aromatic carbocycles. The van der Waals surface area contributed by atoms with E-state index in [0.717, 1.165) is 0 Å². The van der Waals surface area contributed by atoms with Crippen LogP contribution < -0.4 is 5.32 Å². The summed E-state index contributed by atoms with van der Waals surface area (Å²) in [7, 11) is 0. The minimum Gasteiger partial charge on any atom is -0.312 e. The van der Waals surface area contributed by atoms with Gasteiger partial charge in [0.05, 0.1) is 0 Å². The largest absolute Gasteiger partial charge is 0.312 e. The molecule has 0 aromatic rings. The van der Waals surface area contributed by atoms with Crippen LogP contribution >= 0.6 is 0 Å². The highest BCUT2D eigenvalue weighted by Gasteiger charge is 1.92. The highest BCUT2D eigenvalue weighted by Crippen LogP contribution is 1.80. The Morgan fingerprint density at radius 3 is 1.14 bits per heavy atom. The summed E-state index contributed by atoms with van der Waals surface area (Å²) in [6.07, 6.45) is 0. The lowest BCUT2D eigenvalue weighted by molar-refractivity contribution is 0.518. The molecule has 1 N–H and O–H groups in total. The van der Waals surface area contributed by atoms with E-state index in [-0.39, 0.29) is 0 Å². The summed E-state index contributed by atoms with van der Waals surface area (Å²) in [6.45, 7) is 8.61. The van der Waals surface area contributed by atoms with E-state index in [1.165, 1.54) is 0 Å². The number of hydrogen-bond acceptors (Lipinski definition) is 1. The minimum atomic E-state index is 0.625. The Labute approximate surface area is 46.1 Å². The van der Waals surface area contributed by atoms with Gasteiger partial charge in [-0.05, 0) is 0 Å². The van der Waals surface area contributed by atoms with E-state index in [1.807, 2.05) is 0 Å². The molecule has 1 heteroatoms. The molecular weight excluding hydrogens is 87.1 g/mol. The van der Waals surface area contributed by atoms with Crippen molar-refractivity contribution in [1.82, 2.24) is 5.32 Å². The van der Waals surface area contributed by atoms with Crippen LogP contribution in [0.3, 0.4) is 0 Å². The lowest BCUT2D eigenvalue weighted by Gasteiger charge is -2.10. The van der Waals surface area contributed by atoms with Crippen LogP contribution in [0.1, 0.15) is 27.7 Å². The highest BCUT2D eigenvalue weighted by atomic mass is 15.6. The maximum atomic E-state index is 3.31. The molecule has 0 fully saturated rings. The summed E-state index contributed by atoms with van der Waals surface area (Å²) in [6, 6.07) is 1.25. The van der Waals surface area contributed by atoms with Crippen LogP contribution in [0.25, 0.3) is 0 Å². The average molecular weight is 102 g/mol. The van der Waals surface area contributed by atoms with Crippen molar-refractivity contribution in [2.75, 3.05) is 0 Å². The van der Waals surface area contributed by atoms with Gasteiger partial charge in [-0.25, -0.2) is 0 Å². The fourth-order valence-corrected chi connectivity index (χ4v) is 0.667. The van der Waals surface area contributed by atoms with Crippen LogP contribution in [0.2, 0.25) is 0 Å². The van der Waals surface area contributed by atoms with E-state index >= 15 is 0 Å². The topological polar surface area (TPSA) is 12.0 Å². The number of hydrogen-bond donors (Lipinski definition) is 1. The molecule has 0 amide bonds. The zero-order chi connectivity index (χ0) is 5.86. The van der Waals surface area contributed by atoms with E-state index in [1.54, 1.807) is 0 Å². The Bertz CT molecular complexity index is 33.4. The molecule has 0 saturated carbocycles. The summed E-state index contributed by atoms with van der Waals surface area (Å²) in [5.74, 6) is 0. The Morgan fingerprint density at radius 2 is 1.14 bits per heavy atom. The lowest BCUT2D eigenvalue weighted by atomic mass is 10.4. The zero-order valence-corrected chi connectivity index (χ0v) is 5.65. The van der Waals surface area contributed by atoms with Gasteiger partial charge in [0.1, 0.15) is 0 Å². The molecule has 0 rings (SSSR count). The Morgan fingerprint density at radius 1 is 0.857 bits per heavy atom. The molecule has 0 aliphatic rings. The predicted octanol–water partition coefficient (Wildman–Crippen LogP) is 1.39. The smallest absolute Gasteiger partial charge is 0.00127 e. The molecule has 0 bridgehead atoms. The predicted molar refractivity (Wildman–Crippen MR) is 33.4 cm³/mol. The van der Waals surface area contributed by atoms with Gasteiger partial charge in [-0.1, -0.05) is 27.7 Å².